The summed E-state index contributed by atoms with van der Waals surface area (Å²) in [4.78, 5) is 0. The Morgan fingerprint density at radius 1 is 1.45 bits per heavy atom. The summed E-state index contributed by atoms with van der Waals surface area (Å²) in [5.41, 5.74) is -0.517. The summed E-state index contributed by atoms with van der Waals surface area (Å²) in [6.07, 6.45) is 6.01. The SMILES string of the molecule is CC[C@@](O)(Cn1ccnn1)c1ccc(F)c(OCC2CC2)c1. The normalized spacial score (nSPS) is 17.2. The average Bonchev–Trinajstić information content (AvgIpc) is 3.22. The third-order valence-corrected chi connectivity index (χ3v) is 4.12. The van der Waals surface area contributed by atoms with Crippen LogP contribution in [0.25, 0.3) is 0 Å². The molecular formula is C16H20FN3O2. The summed E-state index contributed by atoms with van der Waals surface area (Å²) in [6.45, 7) is 2.68. The quantitative estimate of drug-likeness (QED) is 0.854. The number of ether oxygens (including phenoxy) is 1. The zero-order valence-electron chi connectivity index (χ0n) is 12.6. The van der Waals surface area contributed by atoms with Crippen molar-refractivity contribution in [1.29, 1.82) is 0 Å². The number of aromatic nitrogens is 3. The summed E-state index contributed by atoms with van der Waals surface area (Å²) in [5, 5.41) is 18.5. The van der Waals surface area contributed by atoms with Gasteiger partial charge in [0.05, 0.1) is 19.3 Å². The Bertz CT molecular complexity index is 628. The van der Waals surface area contributed by atoms with Crippen LogP contribution in [0.3, 0.4) is 0 Å². The molecule has 0 spiro atoms. The van der Waals surface area contributed by atoms with Gasteiger partial charge < -0.3 is 9.84 Å². The highest BCUT2D eigenvalue weighted by Gasteiger charge is 2.30. The maximum absolute atomic E-state index is 13.9. The van der Waals surface area contributed by atoms with E-state index in [9.17, 15) is 9.50 Å². The van der Waals surface area contributed by atoms with Crippen molar-refractivity contribution in [2.24, 2.45) is 5.92 Å². The van der Waals surface area contributed by atoms with Crippen LogP contribution in [0.4, 0.5) is 4.39 Å². The highest BCUT2D eigenvalue weighted by Crippen LogP contribution is 2.33. The minimum atomic E-state index is -1.14. The molecule has 1 N–H and O–H groups in total. The Balaban J connectivity index is 1.82. The van der Waals surface area contributed by atoms with Gasteiger partial charge in [-0.2, -0.15) is 0 Å². The number of rotatable bonds is 7. The van der Waals surface area contributed by atoms with Gasteiger partial charge in [0.15, 0.2) is 11.6 Å². The van der Waals surface area contributed by atoms with E-state index in [0.717, 1.165) is 12.8 Å². The highest BCUT2D eigenvalue weighted by atomic mass is 19.1. The van der Waals surface area contributed by atoms with Gasteiger partial charge >= 0.3 is 0 Å². The third-order valence-electron chi connectivity index (χ3n) is 4.12. The number of nitrogens with zero attached hydrogens (tertiary/aromatic N) is 3. The van der Waals surface area contributed by atoms with Crippen molar-refractivity contribution in [2.75, 3.05) is 6.61 Å². The van der Waals surface area contributed by atoms with Gasteiger partial charge in [0.2, 0.25) is 0 Å². The van der Waals surface area contributed by atoms with Gasteiger partial charge in [-0.15, -0.1) is 5.10 Å². The van der Waals surface area contributed by atoms with Crippen LogP contribution in [0, 0.1) is 11.7 Å². The van der Waals surface area contributed by atoms with Gasteiger partial charge in [0.1, 0.15) is 5.60 Å². The lowest BCUT2D eigenvalue weighted by Gasteiger charge is -2.27. The summed E-state index contributed by atoms with van der Waals surface area (Å²) in [5.74, 6) is 0.349. The highest BCUT2D eigenvalue weighted by molar-refractivity contribution is 5.34. The van der Waals surface area contributed by atoms with E-state index in [-0.39, 0.29) is 12.3 Å². The van der Waals surface area contributed by atoms with Crippen LogP contribution >= 0.6 is 0 Å². The molecule has 118 valence electrons. The molecule has 0 radical (unpaired) electrons. The molecule has 0 amide bonds. The molecule has 0 unspecified atom stereocenters. The summed E-state index contributed by atoms with van der Waals surface area (Å²) in [7, 11) is 0. The Kier molecular flexibility index (Phi) is 4.11. The third kappa shape index (κ3) is 3.27. The lowest BCUT2D eigenvalue weighted by atomic mass is 9.91. The smallest absolute Gasteiger partial charge is 0.165 e. The standard InChI is InChI=1S/C16H20FN3O2/c1-2-16(21,11-20-8-7-18-19-20)13-5-6-14(17)15(9-13)22-10-12-3-4-12/h5-9,12,21H,2-4,10-11H2,1H3/t16-/m1/s1. The van der Waals surface area contributed by atoms with E-state index in [4.69, 9.17) is 4.74 Å². The van der Waals surface area contributed by atoms with Crippen molar-refractivity contribution in [2.45, 2.75) is 38.3 Å². The van der Waals surface area contributed by atoms with Crippen LogP contribution in [-0.2, 0) is 12.1 Å². The number of hydrogen-bond donors (Lipinski definition) is 1. The van der Waals surface area contributed by atoms with Crippen LogP contribution in [-0.4, -0.2) is 26.7 Å². The Labute approximate surface area is 128 Å². The van der Waals surface area contributed by atoms with Crippen LogP contribution in [0.2, 0.25) is 0 Å². The van der Waals surface area contributed by atoms with Crippen LogP contribution in [0.5, 0.6) is 5.75 Å². The first-order valence-electron chi connectivity index (χ1n) is 7.60. The minimum absolute atomic E-state index is 0.204. The fraction of sp³-hybridized carbons (Fsp3) is 0.500. The Morgan fingerprint density at radius 2 is 2.27 bits per heavy atom. The molecule has 1 aliphatic carbocycles. The van der Waals surface area contributed by atoms with E-state index in [1.807, 2.05) is 6.92 Å². The van der Waals surface area contributed by atoms with Crippen LogP contribution in [0.1, 0.15) is 31.7 Å². The molecular weight excluding hydrogens is 285 g/mol. The van der Waals surface area contributed by atoms with Crippen LogP contribution in [0.15, 0.2) is 30.6 Å². The monoisotopic (exact) mass is 305 g/mol. The second kappa shape index (κ2) is 6.04. The Morgan fingerprint density at radius 3 is 2.91 bits per heavy atom. The van der Waals surface area contributed by atoms with Gasteiger partial charge in [-0.25, -0.2) is 9.07 Å². The van der Waals surface area contributed by atoms with Crippen LogP contribution < -0.4 is 4.74 Å². The van der Waals surface area contributed by atoms with E-state index in [1.54, 1.807) is 29.2 Å². The predicted octanol–water partition coefficient (Wildman–Crippen LogP) is 2.50. The Hall–Kier alpha value is -1.95. The fourth-order valence-corrected chi connectivity index (χ4v) is 2.39. The summed E-state index contributed by atoms with van der Waals surface area (Å²) < 4.78 is 21.0. The molecule has 1 atom stereocenters. The van der Waals surface area contributed by atoms with Gasteiger partial charge in [-0.3, -0.25) is 0 Å². The largest absolute Gasteiger partial charge is 0.490 e. The van der Waals surface area contributed by atoms with Crippen molar-refractivity contribution in [3.63, 3.8) is 0 Å². The lowest BCUT2D eigenvalue weighted by molar-refractivity contribution is 0.0102. The molecule has 0 saturated heterocycles. The first-order valence-corrected chi connectivity index (χ1v) is 7.60. The first kappa shape index (κ1) is 15.0. The topological polar surface area (TPSA) is 60.2 Å². The van der Waals surface area contributed by atoms with Gasteiger partial charge in [0.25, 0.3) is 0 Å². The first-order chi connectivity index (χ1) is 10.6. The van der Waals surface area contributed by atoms with E-state index in [1.165, 1.54) is 6.07 Å². The molecule has 1 saturated carbocycles. The van der Waals surface area contributed by atoms with E-state index in [0.29, 0.717) is 24.5 Å². The fourth-order valence-electron chi connectivity index (χ4n) is 2.39. The van der Waals surface area contributed by atoms with Gasteiger partial charge in [-0.05, 0) is 42.9 Å². The van der Waals surface area contributed by atoms with Crippen molar-refractivity contribution in [3.8, 4) is 5.75 Å². The molecule has 1 aliphatic rings. The molecule has 2 aromatic rings. The molecule has 3 rings (SSSR count). The average molecular weight is 305 g/mol. The number of benzene rings is 1. The number of halogens is 1. The summed E-state index contributed by atoms with van der Waals surface area (Å²) >= 11 is 0. The van der Waals surface area contributed by atoms with Gasteiger partial charge in [-0.1, -0.05) is 18.2 Å². The number of aliphatic hydroxyl groups is 1. The van der Waals surface area contributed by atoms with E-state index in [2.05, 4.69) is 10.3 Å². The van der Waals surface area contributed by atoms with Crippen molar-refractivity contribution in [1.82, 2.24) is 15.0 Å². The molecule has 5 nitrogen and oxygen atoms in total. The zero-order valence-corrected chi connectivity index (χ0v) is 12.6. The molecule has 0 bridgehead atoms. The minimum Gasteiger partial charge on any atom is -0.490 e. The number of hydrogen-bond acceptors (Lipinski definition) is 4. The molecule has 22 heavy (non-hydrogen) atoms. The van der Waals surface area contributed by atoms with E-state index >= 15 is 0 Å². The molecule has 1 fully saturated rings. The van der Waals surface area contributed by atoms with Crippen molar-refractivity contribution in [3.05, 3.63) is 42.0 Å². The molecule has 1 aromatic heterocycles. The summed E-state index contributed by atoms with van der Waals surface area (Å²) in [6, 6.07) is 4.54. The maximum atomic E-state index is 13.9. The second-order valence-corrected chi connectivity index (χ2v) is 5.89. The van der Waals surface area contributed by atoms with Gasteiger partial charge in [0, 0.05) is 6.20 Å². The second-order valence-electron chi connectivity index (χ2n) is 5.89. The molecule has 0 aliphatic heterocycles. The lowest BCUT2D eigenvalue weighted by Crippen LogP contribution is -2.31. The molecule has 1 aromatic carbocycles. The predicted molar refractivity (Wildman–Crippen MR) is 78.8 cm³/mol. The van der Waals surface area contributed by atoms with E-state index < -0.39 is 11.4 Å². The zero-order chi connectivity index (χ0) is 15.6. The van der Waals surface area contributed by atoms with Crippen molar-refractivity contribution < 1.29 is 14.2 Å². The van der Waals surface area contributed by atoms with Crippen molar-refractivity contribution >= 4 is 0 Å². The molecule has 6 heteroatoms. The molecule has 1 heterocycles. The maximum Gasteiger partial charge on any atom is 0.165 e.